The second-order valence-corrected chi connectivity index (χ2v) is 8.16. The maximum Gasteiger partial charge on any atom is 1.00 e. The zero-order valence-electron chi connectivity index (χ0n) is 18.4. The van der Waals surface area contributed by atoms with Crippen molar-refractivity contribution in [2.75, 3.05) is 6.61 Å². The van der Waals surface area contributed by atoms with Crippen LogP contribution in [0.3, 0.4) is 0 Å². The summed E-state index contributed by atoms with van der Waals surface area (Å²) in [6.07, 6.45) is 8.23. The Bertz CT molecular complexity index is 690. The molecule has 1 rings (SSSR count). The molecule has 0 fully saturated rings. The monoisotopic (exact) mass is 442 g/mol. The molecule has 0 unspecified atom stereocenters. The molecule has 0 aromatic heterocycles. The van der Waals surface area contributed by atoms with Crippen LogP contribution < -0.4 is 63.3 Å². The molecule has 0 aliphatic rings. The van der Waals surface area contributed by atoms with Crippen LogP contribution in [0.1, 0.15) is 61.1 Å². The summed E-state index contributed by atoms with van der Waals surface area (Å²) in [4.78, 5) is 0. The van der Waals surface area contributed by atoms with E-state index in [1.807, 2.05) is 0 Å². The molecule has 148 valence electrons. The number of hydrogen-bond donors (Lipinski definition) is 0. The van der Waals surface area contributed by atoms with E-state index in [4.69, 9.17) is 0 Å². The maximum atomic E-state index is 11.6. The van der Waals surface area contributed by atoms with Crippen molar-refractivity contribution in [3.8, 4) is 5.75 Å². The minimum atomic E-state index is -4.77. The van der Waals surface area contributed by atoms with Gasteiger partial charge in [-0.05, 0) is 18.6 Å². The molecule has 0 heterocycles. The summed E-state index contributed by atoms with van der Waals surface area (Å²) < 4.78 is 59.3. The molecule has 7 nitrogen and oxygen atoms in total. The van der Waals surface area contributed by atoms with E-state index in [1.54, 1.807) is 6.07 Å². The van der Waals surface area contributed by atoms with Gasteiger partial charge < -0.3 is 7.04 Å². The number of hydrogen-bond acceptors (Lipinski definition) is 7. The molecule has 0 N–H and O–H groups in total. The van der Waals surface area contributed by atoms with Gasteiger partial charge in [-0.15, -0.1) is 0 Å². The first-order chi connectivity index (χ1) is 11.8. The summed E-state index contributed by atoms with van der Waals surface area (Å²) >= 11 is 0. The first-order valence-corrected chi connectivity index (χ1v) is 11.1. The van der Waals surface area contributed by atoms with Crippen LogP contribution in [0.5, 0.6) is 5.75 Å². The zero-order valence-corrected chi connectivity index (χ0v) is 22.1. The van der Waals surface area contributed by atoms with Crippen molar-refractivity contribution in [1.82, 2.24) is 0 Å². The summed E-state index contributed by atoms with van der Waals surface area (Å²) in [5.74, 6) is -0.0548. The second-order valence-electron chi connectivity index (χ2n) is 5.58. The molecule has 11 heteroatoms. The van der Waals surface area contributed by atoms with E-state index in [1.165, 1.54) is 49.9 Å². The molecule has 0 aliphatic heterocycles. The van der Waals surface area contributed by atoms with E-state index in [9.17, 15) is 16.8 Å². The maximum absolute atomic E-state index is 11.6. The van der Waals surface area contributed by atoms with Crippen LogP contribution in [0.2, 0.25) is 0 Å². The molecular weight excluding hydrogens is 414 g/mol. The predicted octanol–water partition coefficient (Wildman–Crippen LogP) is -2.04. The fourth-order valence-electron chi connectivity index (χ4n) is 2.13. The zero-order chi connectivity index (χ0) is 18.6. The van der Waals surface area contributed by atoms with Gasteiger partial charge in [0, 0.05) is 0 Å². The molecule has 0 aliphatic carbocycles. The summed E-state index contributed by atoms with van der Waals surface area (Å²) in [6.45, 7) is 2.03. The minimum Gasteiger partial charge on any atom is -1.00 e. The van der Waals surface area contributed by atoms with Gasteiger partial charge in [-0.25, -0.2) is 4.18 Å². The average Bonchev–Trinajstić information content (AvgIpc) is 2.52. The van der Waals surface area contributed by atoms with Crippen molar-refractivity contribution < 1.29 is 90.8 Å². The van der Waals surface area contributed by atoms with Crippen LogP contribution >= 0.6 is 0 Å². The van der Waals surface area contributed by atoms with Crippen molar-refractivity contribution in [3.63, 3.8) is 0 Å². The predicted molar refractivity (Wildman–Crippen MR) is 96.8 cm³/mol. The van der Waals surface area contributed by atoms with E-state index < -0.39 is 20.8 Å². The SMILES string of the molecule is CCCCCCCCCCOS(=O)(=O)OS(=O)(=O)Oc1ccccc1.[H-].[H-].[Na+].[Na+]. The topological polar surface area (TPSA) is 96.0 Å². The Morgan fingerprint density at radius 3 is 1.85 bits per heavy atom. The van der Waals surface area contributed by atoms with Crippen molar-refractivity contribution in [2.24, 2.45) is 0 Å². The molecule has 1 aromatic rings. The first kappa shape index (κ1) is 30.0. The van der Waals surface area contributed by atoms with Gasteiger partial charge in [0.2, 0.25) is 0 Å². The summed E-state index contributed by atoms with van der Waals surface area (Å²) in [6, 6.07) is 7.45. The molecular formula is C16H28Na2O7S2. The van der Waals surface area contributed by atoms with Gasteiger partial charge in [0.15, 0.2) is 0 Å². The summed E-state index contributed by atoms with van der Waals surface area (Å²) in [5.41, 5.74) is 0. The summed E-state index contributed by atoms with van der Waals surface area (Å²) in [5, 5.41) is 0. The Labute approximate surface area is 210 Å². The largest absolute Gasteiger partial charge is 1.00 e. The van der Waals surface area contributed by atoms with Gasteiger partial charge in [0.1, 0.15) is 5.75 Å². The van der Waals surface area contributed by atoms with Gasteiger partial charge in [-0.3, -0.25) is 0 Å². The van der Waals surface area contributed by atoms with Crippen LogP contribution in [-0.4, -0.2) is 23.4 Å². The Hall–Kier alpha value is 0.840. The average molecular weight is 443 g/mol. The van der Waals surface area contributed by atoms with Crippen LogP contribution in [0.4, 0.5) is 0 Å². The van der Waals surface area contributed by atoms with E-state index in [0.29, 0.717) is 6.42 Å². The summed E-state index contributed by atoms with van der Waals surface area (Å²) in [7, 11) is -9.44. The second kappa shape index (κ2) is 16.6. The van der Waals surface area contributed by atoms with Gasteiger partial charge >= 0.3 is 79.9 Å². The minimum absolute atomic E-state index is 0. The van der Waals surface area contributed by atoms with E-state index in [2.05, 4.69) is 18.9 Å². The Morgan fingerprint density at radius 1 is 0.778 bits per heavy atom. The number of unbranched alkanes of at least 4 members (excludes halogenated alkanes) is 7. The van der Waals surface area contributed by atoms with Crippen molar-refractivity contribution >= 4 is 20.8 Å². The van der Waals surface area contributed by atoms with Crippen LogP contribution in [0.25, 0.3) is 0 Å². The molecule has 0 amide bonds. The third-order valence-corrected chi connectivity index (χ3v) is 5.52. The van der Waals surface area contributed by atoms with Crippen LogP contribution in [0, 0.1) is 0 Å². The van der Waals surface area contributed by atoms with Gasteiger partial charge in [0.05, 0.1) is 6.61 Å². The van der Waals surface area contributed by atoms with E-state index in [-0.39, 0.29) is 74.3 Å². The Kier molecular flexibility index (Phi) is 18.5. The molecule has 0 radical (unpaired) electrons. The molecule has 0 bridgehead atoms. The number of rotatable bonds is 14. The standard InChI is InChI=1S/C16H26O7S2.2Na.2H/c1-2-3-4-5-6-7-8-12-15-21-24(17,18)23-25(19,20)22-16-13-10-9-11-14-16;;;;/h9-11,13-14H,2-8,12,15H2,1H3;;;;/q;2*+1;2*-1. The van der Waals surface area contributed by atoms with Gasteiger partial charge in [0.25, 0.3) is 0 Å². The molecule has 0 spiro atoms. The fourth-order valence-corrected chi connectivity index (χ4v) is 3.88. The third-order valence-electron chi connectivity index (χ3n) is 3.33. The quantitative estimate of drug-likeness (QED) is 0.242. The third kappa shape index (κ3) is 16.3. The molecule has 27 heavy (non-hydrogen) atoms. The van der Waals surface area contributed by atoms with Crippen molar-refractivity contribution in [3.05, 3.63) is 30.3 Å². The normalized spacial score (nSPS) is 11.3. The van der Waals surface area contributed by atoms with Crippen LogP contribution in [0.15, 0.2) is 30.3 Å². The van der Waals surface area contributed by atoms with Gasteiger partial charge in [-0.2, -0.15) is 16.8 Å². The molecule has 0 atom stereocenters. The van der Waals surface area contributed by atoms with E-state index >= 15 is 0 Å². The smallest absolute Gasteiger partial charge is 1.00 e. The molecule has 1 aromatic carbocycles. The fraction of sp³-hybridized carbons (Fsp3) is 0.625. The van der Waals surface area contributed by atoms with Crippen molar-refractivity contribution in [1.29, 1.82) is 0 Å². The first-order valence-electron chi connectivity index (χ1n) is 8.44. The Balaban J connectivity index is -0.000000781. The molecule has 0 saturated carbocycles. The Morgan fingerprint density at radius 2 is 1.30 bits per heavy atom. The van der Waals surface area contributed by atoms with Crippen LogP contribution in [-0.2, 0) is 28.6 Å². The van der Waals surface area contributed by atoms with Gasteiger partial charge in [-0.1, -0.05) is 73.7 Å². The number of benzene rings is 1. The molecule has 0 saturated heterocycles. The van der Waals surface area contributed by atoms with Crippen molar-refractivity contribution in [2.45, 2.75) is 58.3 Å². The number of para-hydroxylation sites is 1. The van der Waals surface area contributed by atoms with E-state index in [0.717, 1.165) is 19.3 Å².